The molecule has 0 fully saturated rings. The van der Waals surface area contributed by atoms with Gasteiger partial charge in [0.15, 0.2) is 0 Å². The van der Waals surface area contributed by atoms with Gasteiger partial charge in [-0.1, -0.05) is 0 Å². The van der Waals surface area contributed by atoms with E-state index in [1.54, 1.807) is 12.1 Å². The first-order chi connectivity index (χ1) is 9.69. The Balaban J connectivity index is 1.88. The lowest BCUT2D eigenvalue weighted by Gasteiger charge is -2.24. The fourth-order valence-electron chi connectivity index (χ4n) is 2.76. The van der Waals surface area contributed by atoms with Gasteiger partial charge in [-0.05, 0) is 37.5 Å². The summed E-state index contributed by atoms with van der Waals surface area (Å²) in [6.45, 7) is 0. The monoisotopic (exact) mass is 270 g/mol. The summed E-state index contributed by atoms with van der Waals surface area (Å²) in [6.07, 6.45) is 5.03. The van der Waals surface area contributed by atoms with E-state index in [1.165, 1.54) is 17.3 Å². The van der Waals surface area contributed by atoms with Gasteiger partial charge >= 0.3 is 0 Å². The first kappa shape index (κ1) is 12.7. The summed E-state index contributed by atoms with van der Waals surface area (Å²) in [7, 11) is 1.95. The van der Waals surface area contributed by atoms with Crippen LogP contribution in [0.25, 0.3) is 0 Å². The highest BCUT2D eigenvalue weighted by Gasteiger charge is 2.23. The van der Waals surface area contributed by atoms with Crippen LogP contribution in [0.15, 0.2) is 24.4 Å². The largest absolute Gasteiger partial charge is 0.378 e. The number of anilines is 1. The second kappa shape index (κ2) is 4.97. The molecule has 1 heterocycles. The van der Waals surface area contributed by atoms with Crippen molar-refractivity contribution in [1.82, 2.24) is 9.78 Å². The third kappa shape index (κ3) is 2.14. The van der Waals surface area contributed by atoms with E-state index in [9.17, 15) is 4.39 Å². The molecule has 5 heteroatoms. The van der Waals surface area contributed by atoms with Crippen molar-refractivity contribution in [2.24, 2.45) is 7.05 Å². The number of fused-ring (bicyclic) bond motifs is 1. The summed E-state index contributed by atoms with van der Waals surface area (Å²) in [6, 6.07) is 6.59. The third-order valence-corrected chi connectivity index (χ3v) is 3.80. The van der Waals surface area contributed by atoms with Gasteiger partial charge < -0.3 is 5.32 Å². The Bertz CT molecular complexity index is 684. The van der Waals surface area contributed by atoms with Gasteiger partial charge in [0.2, 0.25) is 0 Å². The van der Waals surface area contributed by atoms with Gasteiger partial charge in [-0.15, -0.1) is 0 Å². The summed E-state index contributed by atoms with van der Waals surface area (Å²) in [4.78, 5) is 0. The number of hydrogen-bond donors (Lipinski definition) is 1. The van der Waals surface area contributed by atoms with Crippen LogP contribution < -0.4 is 5.32 Å². The maximum Gasteiger partial charge on any atom is 0.141 e. The van der Waals surface area contributed by atoms with E-state index >= 15 is 0 Å². The van der Waals surface area contributed by atoms with Crippen molar-refractivity contribution < 1.29 is 4.39 Å². The summed E-state index contributed by atoms with van der Waals surface area (Å²) in [5.41, 5.74) is 3.28. The van der Waals surface area contributed by atoms with E-state index in [4.69, 9.17) is 5.26 Å². The summed E-state index contributed by atoms with van der Waals surface area (Å²) in [5, 5.41) is 16.6. The minimum atomic E-state index is -0.483. The molecule has 102 valence electrons. The van der Waals surface area contributed by atoms with Crippen LogP contribution in [-0.4, -0.2) is 9.78 Å². The zero-order valence-electron chi connectivity index (χ0n) is 11.2. The zero-order chi connectivity index (χ0) is 14.1. The Morgan fingerprint density at radius 2 is 2.35 bits per heavy atom. The number of rotatable bonds is 2. The van der Waals surface area contributed by atoms with Crippen molar-refractivity contribution in [2.45, 2.75) is 25.3 Å². The predicted octanol–water partition coefficient (Wildman–Crippen LogP) is 2.92. The molecule has 1 aliphatic carbocycles. The summed E-state index contributed by atoms with van der Waals surface area (Å²) in [5.74, 6) is -0.483. The Hall–Kier alpha value is -2.35. The van der Waals surface area contributed by atoms with Crippen LogP contribution in [0, 0.1) is 17.1 Å². The molecule has 1 unspecified atom stereocenters. The molecule has 1 atom stereocenters. The predicted molar refractivity (Wildman–Crippen MR) is 73.6 cm³/mol. The van der Waals surface area contributed by atoms with Crippen molar-refractivity contribution in [3.8, 4) is 6.07 Å². The van der Waals surface area contributed by atoms with Gasteiger partial charge in [-0.25, -0.2) is 4.39 Å². The topological polar surface area (TPSA) is 53.6 Å². The van der Waals surface area contributed by atoms with Crippen molar-refractivity contribution in [2.75, 3.05) is 5.32 Å². The van der Waals surface area contributed by atoms with Crippen LogP contribution >= 0.6 is 0 Å². The molecular formula is C15H15FN4. The van der Waals surface area contributed by atoms with Crippen LogP contribution in [0.5, 0.6) is 0 Å². The van der Waals surface area contributed by atoms with Gasteiger partial charge in [0.25, 0.3) is 0 Å². The van der Waals surface area contributed by atoms with Gasteiger partial charge in [-0.2, -0.15) is 10.4 Å². The third-order valence-electron chi connectivity index (χ3n) is 3.80. The van der Waals surface area contributed by atoms with Crippen LogP contribution in [0.1, 0.15) is 35.7 Å². The highest BCUT2D eigenvalue weighted by Crippen LogP contribution is 2.32. The lowest BCUT2D eigenvalue weighted by atomic mass is 9.92. The molecule has 2 aromatic rings. The van der Waals surface area contributed by atoms with Crippen molar-refractivity contribution in [1.29, 1.82) is 5.26 Å². The van der Waals surface area contributed by atoms with E-state index < -0.39 is 5.82 Å². The molecule has 1 aromatic heterocycles. The van der Waals surface area contributed by atoms with Crippen LogP contribution in [0.4, 0.5) is 10.1 Å². The number of nitriles is 1. The quantitative estimate of drug-likeness (QED) is 0.912. The van der Waals surface area contributed by atoms with Crippen molar-refractivity contribution in [3.63, 3.8) is 0 Å². The van der Waals surface area contributed by atoms with E-state index in [1.807, 2.05) is 24.0 Å². The molecule has 0 amide bonds. The van der Waals surface area contributed by atoms with E-state index in [2.05, 4.69) is 10.4 Å². The highest BCUT2D eigenvalue weighted by atomic mass is 19.1. The second-order valence-corrected chi connectivity index (χ2v) is 5.07. The molecule has 0 radical (unpaired) electrons. The van der Waals surface area contributed by atoms with Crippen molar-refractivity contribution >= 4 is 5.69 Å². The molecule has 0 saturated carbocycles. The molecule has 1 aliphatic rings. The lowest BCUT2D eigenvalue weighted by Crippen LogP contribution is -2.17. The Morgan fingerprint density at radius 3 is 3.15 bits per heavy atom. The second-order valence-electron chi connectivity index (χ2n) is 5.07. The molecule has 0 bridgehead atoms. The fourth-order valence-corrected chi connectivity index (χ4v) is 2.76. The Labute approximate surface area is 116 Å². The van der Waals surface area contributed by atoms with Crippen molar-refractivity contribution in [3.05, 3.63) is 47.0 Å². The van der Waals surface area contributed by atoms with Gasteiger partial charge in [0.05, 0.1) is 17.8 Å². The molecule has 1 N–H and O–H groups in total. The number of benzene rings is 1. The Morgan fingerprint density at radius 1 is 1.50 bits per heavy atom. The maximum atomic E-state index is 13.3. The molecule has 4 nitrogen and oxygen atoms in total. The average molecular weight is 270 g/mol. The highest BCUT2D eigenvalue weighted by molar-refractivity contribution is 5.51. The van der Waals surface area contributed by atoms with Gasteiger partial charge in [0, 0.05) is 24.0 Å². The average Bonchev–Trinajstić information content (AvgIpc) is 2.84. The first-order valence-electron chi connectivity index (χ1n) is 6.66. The van der Waals surface area contributed by atoms with Crippen LogP contribution in [0.2, 0.25) is 0 Å². The van der Waals surface area contributed by atoms with E-state index in [-0.39, 0.29) is 11.6 Å². The number of halogens is 1. The maximum absolute atomic E-state index is 13.3. The first-order valence-corrected chi connectivity index (χ1v) is 6.66. The molecule has 0 spiro atoms. The van der Waals surface area contributed by atoms with E-state index in [0.29, 0.717) is 0 Å². The van der Waals surface area contributed by atoms with Gasteiger partial charge in [0.1, 0.15) is 11.9 Å². The standard InChI is InChI=1S/C15H15FN4/c1-20-15-4-2-3-14(12(15)9-18-20)19-11-5-6-13(16)10(7-11)8-17/h5-7,9,14,19H,2-4H2,1H3. The lowest BCUT2D eigenvalue weighted by molar-refractivity contribution is 0.571. The number of aromatic nitrogens is 2. The Kier molecular flexibility index (Phi) is 3.15. The SMILES string of the molecule is Cn1ncc2c1CCCC2Nc1ccc(F)c(C#N)c1. The molecular weight excluding hydrogens is 255 g/mol. The fraction of sp³-hybridized carbons (Fsp3) is 0.333. The minimum Gasteiger partial charge on any atom is -0.378 e. The molecule has 3 rings (SSSR count). The number of nitrogens with zero attached hydrogens (tertiary/aromatic N) is 3. The van der Waals surface area contributed by atoms with Gasteiger partial charge in [-0.3, -0.25) is 4.68 Å². The summed E-state index contributed by atoms with van der Waals surface area (Å²) >= 11 is 0. The normalized spacial score (nSPS) is 17.4. The molecule has 1 aromatic carbocycles. The smallest absolute Gasteiger partial charge is 0.141 e. The van der Waals surface area contributed by atoms with Crippen LogP contribution in [0.3, 0.4) is 0 Å². The van der Waals surface area contributed by atoms with E-state index in [0.717, 1.165) is 24.9 Å². The number of nitrogens with one attached hydrogen (secondary N) is 1. The zero-order valence-corrected chi connectivity index (χ0v) is 11.2. The van der Waals surface area contributed by atoms with Crippen LogP contribution in [-0.2, 0) is 13.5 Å². The molecule has 0 saturated heterocycles. The summed E-state index contributed by atoms with van der Waals surface area (Å²) < 4.78 is 15.2. The molecule has 20 heavy (non-hydrogen) atoms. The number of hydrogen-bond acceptors (Lipinski definition) is 3. The minimum absolute atomic E-state index is 0.0669. The molecule has 0 aliphatic heterocycles. The number of aryl methyl sites for hydroxylation is 1.